The topological polar surface area (TPSA) is 20.3 Å². The molecule has 1 unspecified atom stereocenters. The minimum atomic E-state index is 0.208. The molecule has 1 aromatic rings. The van der Waals surface area contributed by atoms with Gasteiger partial charge in [0.2, 0.25) is 0 Å². The molecule has 0 amide bonds. The largest absolute Gasteiger partial charge is 0.372 e. The predicted octanol–water partition coefficient (Wildman–Crippen LogP) is 4.15. The van der Waals surface area contributed by atoms with Gasteiger partial charge in [-0.3, -0.25) is 4.79 Å². The Kier molecular flexibility index (Phi) is 5.39. The van der Waals surface area contributed by atoms with E-state index in [-0.39, 0.29) is 5.78 Å². The molecule has 2 heteroatoms. The van der Waals surface area contributed by atoms with E-state index in [4.69, 9.17) is 0 Å². The summed E-state index contributed by atoms with van der Waals surface area (Å²) in [5.41, 5.74) is 1.99. The zero-order chi connectivity index (χ0) is 13.7. The number of anilines is 1. The normalized spacial score (nSPS) is 12.6. The van der Waals surface area contributed by atoms with Gasteiger partial charge in [-0.15, -0.1) is 0 Å². The van der Waals surface area contributed by atoms with Gasteiger partial charge in [0.15, 0.2) is 5.78 Å². The van der Waals surface area contributed by atoms with Gasteiger partial charge >= 0.3 is 0 Å². The molecule has 0 saturated heterocycles. The highest BCUT2D eigenvalue weighted by atomic mass is 16.1. The zero-order valence-corrected chi connectivity index (χ0v) is 12.2. The molecule has 0 aliphatic heterocycles. The number of carbonyl (C=O) groups excluding carboxylic acids is 1. The van der Waals surface area contributed by atoms with Gasteiger partial charge < -0.3 is 4.90 Å². The van der Waals surface area contributed by atoms with E-state index in [0.717, 1.165) is 5.56 Å². The third-order valence-electron chi connectivity index (χ3n) is 3.39. The average molecular weight is 247 g/mol. The van der Waals surface area contributed by atoms with E-state index in [1.54, 1.807) is 0 Å². The third-order valence-corrected chi connectivity index (χ3v) is 3.39. The first-order valence-electron chi connectivity index (χ1n) is 6.81. The fourth-order valence-corrected chi connectivity index (χ4v) is 2.18. The van der Waals surface area contributed by atoms with Crippen LogP contribution >= 0.6 is 0 Å². The molecule has 1 aromatic carbocycles. The summed E-state index contributed by atoms with van der Waals surface area (Å²) in [5.74, 6) is 0.905. The van der Waals surface area contributed by atoms with E-state index in [1.165, 1.54) is 12.1 Å². The van der Waals surface area contributed by atoms with Crippen LogP contribution in [0.2, 0.25) is 0 Å². The van der Waals surface area contributed by atoms with Gasteiger partial charge in [0.25, 0.3) is 0 Å². The Morgan fingerprint density at radius 1 is 1.17 bits per heavy atom. The number of Topliss-reactive ketones (excluding diaryl/α,β-unsaturated/α-hetero) is 1. The molecule has 0 aromatic heterocycles. The molecular formula is C16H25NO. The summed E-state index contributed by atoms with van der Waals surface area (Å²) in [6.45, 7) is 8.62. The van der Waals surface area contributed by atoms with Crippen LogP contribution in [0.5, 0.6) is 0 Å². The first-order valence-corrected chi connectivity index (χ1v) is 6.81. The molecule has 0 spiro atoms. The van der Waals surface area contributed by atoms with Gasteiger partial charge in [-0.05, 0) is 43.5 Å². The average Bonchev–Trinajstić information content (AvgIpc) is 2.36. The molecule has 0 heterocycles. The SMILES string of the molecule is CCC(=O)c1ccc(N(C)C(C)CC(C)C)cc1. The summed E-state index contributed by atoms with van der Waals surface area (Å²) in [7, 11) is 2.11. The van der Waals surface area contributed by atoms with Crippen LogP contribution in [0.4, 0.5) is 5.69 Å². The van der Waals surface area contributed by atoms with Crippen molar-refractivity contribution in [3.05, 3.63) is 29.8 Å². The quantitative estimate of drug-likeness (QED) is 0.704. The molecular weight excluding hydrogens is 222 g/mol. The van der Waals surface area contributed by atoms with E-state index in [2.05, 4.69) is 32.7 Å². The van der Waals surface area contributed by atoms with Crippen LogP contribution in [0.15, 0.2) is 24.3 Å². The van der Waals surface area contributed by atoms with Crippen LogP contribution in [0.25, 0.3) is 0 Å². The molecule has 0 aliphatic carbocycles. The van der Waals surface area contributed by atoms with Crippen LogP contribution in [0.3, 0.4) is 0 Å². The van der Waals surface area contributed by atoms with Crippen molar-refractivity contribution >= 4 is 11.5 Å². The van der Waals surface area contributed by atoms with Gasteiger partial charge in [-0.25, -0.2) is 0 Å². The Morgan fingerprint density at radius 3 is 2.17 bits per heavy atom. The second-order valence-electron chi connectivity index (χ2n) is 5.41. The lowest BCUT2D eigenvalue weighted by molar-refractivity contribution is 0.0988. The second-order valence-corrected chi connectivity index (χ2v) is 5.41. The zero-order valence-electron chi connectivity index (χ0n) is 12.2. The van der Waals surface area contributed by atoms with E-state index in [0.29, 0.717) is 18.4 Å². The Balaban J connectivity index is 2.75. The Morgan fingerprint density at radius 2 is 1.72 bits per heavy atom. The van der Waals surface area contributed by atoms with E-state index < -0.39 is 0 Å². The number of nitrogens with zero attached hydrogens (tertiary/aromatic N) is 1. The number of hydrogen-bond donors (Lipinski definition) is 0. The van der Waals surface area contributed by atoms with Gasteiger partial charge in [0, 0.05) is 30.8 Å². The van der Waals surface area contributed by atoms with E-state index >= 15 is 0 Å². The Labute approximate surface area is 111 Å². The fraction of sp³-hybridized carbons (Fsp3) is 0.562. The van der Waals surface area contributed by atoms with Crippen molar-refractivity contribution in [3.8, 4) is 0 Å². The highest BCUT2D eigenvalue weighted by Gasteiger charge is 2.12. The van der Waals surface area contributed by atoms with Crippen molar-refractivity contribution in [1.82, 2.24) is 0 Å². The van der Waals surface area contributed by atoms with Crippen LogP contribution in [-0.4, -0.2) is 18.9 Å². The lowest BCUT2D eigenvalue weighted by Gasteiger charge is -2.28. The Hall–Kier alpha value is -1.31. The molecule has 0 aliphatic rings. The second kappa shape index (κ2) is 6.58. The minimum Gasteiger partial charge on any atom is -0.372 e. The maximum atomic E-state index is 11.6. The van der Waals surface area contributed by atoms with Crippen molar-refractivity contribution in [1.29, 1.82) is 0 Å². The number of hydrogen-bond acceptors (Lipinski definition) is 2. The summed E-state index contributed by atoms with van der Waals surface area (Å²) in [6, 6.07) is 8.46. The first-order chi connectivity index (χ1) is 8.45. The summed E-state index contributed by atoms with van der Waals surface area (Å²) in [4.78, 5) is 13.8. The lowest BCUT2D eigenvalue weighted by atomic mass is 10.0. The molecule has 0 saturated carbocycles. The summed E-state index contributed by atoms with van der Waals surface area (Å²) < 4.78 is 0. The molecule has 1 atom stereocenters. The van der Waals surface area contributed by atoms with Gasteiger partial charge in [0.05, 0.1) is 0 Å². The molecule has 0 bridgehead atoms. The minimum absolute atomic E-state index is 0.208. The molecule has 2 nitrogen and oxygen atoms in total. The smallest absolute Gasteiger partial charge is 0.162 e. The van der Waals surface area contributed by atoms with Crippen LogP contribution < -0.4 is 4.90 Å². The lowest BCUT2D eigenvalue weighted by Crippen LogP contribution is -2.29. The monoisotopic (exact) mass is 247 g/mol. The van der Waals surface area contributed by atoms with Crippen molar-refractivity contribution < 1.29 is 4.79 Å². The number of benzene rings is 1. The Bertz CT molecular complexity index is 381. The summed E-state index contributed by atoms with van der Waals surface area (Å²) in [6.07, 6.45) is 1.74. The van der Waals surface area contributed by atoms with E-state index in [9.17, 15) is 4.79 Å². The predicted molar refractivity (Wildman–Crippen MR) is 78.4 cm³/mol. The van der Waals surface area contributed by atoms with Crippen molar-refractivity contribution in [2.24, 2.45) is 5.92 Å². The molecule has 0 radical (unpaired) electrons. The maximum absolute atomic E-state index is 11.6. The number of ketones is 1. The molecule has 1 rings (SSSR count). The first kappa shape index (κ1) is 14.7. The standard InChI is InChI=1S/C16H25NO/c1-6-16(18)14-7-9-15(10-8-14)17(5)13(4)11-12(2)3/h7-10,12-13H,6,11H2,1-5H3. The molecule has 0 N–H and O–H groups in total. The van der Waals surface area contributed by atoms with Crippen molar-refractivity contribution in [3.63, 3.8) is 0 Å². The highest BCUT2D eigenvalue weighted by Crippen LogP contribution is 2.20. The van der Waals surface area contributed by atoms with Crippen molar-refractivity contribution in [2.45, 2.75) is 46.6 Å². The van der Waals surface area contributed by atoms with Gasteiger partial charge in [0.1, 0.15) is 0 Å². The van der Waals surface area contributed by atoms with Gasteiger partial charge in [-0.2, -0.15) is 0 Å². The van der Waals surface area contributed by atoms with Crippen LogP contribution in [-0.2, 0) is 0 Å². The van der Waals surface area contributed by atoms with Crippen LogP contribution in [0.1, 0.15) is 50.9 Å². The summed E-state index contributed by atoms with van der Waals surface area (Å²) >= 11 is 0. The van der Waals surface area contributed by atoms with Crippen molar-refractivity contribution in [2.75, 3.05) is 11.9 Å². The third kappa shape index (κ3) is 3.86. The highest BCUT2D eigenvalue weighted by molar-refractivity contribution is 5.96. The molecule has 100 valence electrons. The van der Waals surface area contributed by atoms with Crippen LogP contribution in [0, 0.1) is 5.92 Å². The van der Waals surface area contributed by atoms with E-state index in [1.807, 2.05) is 31.2 Å². The maximum Gasteiger partial charge on any atom is 0.162 e. The molecule has 18 heavy (non-hydrogen) atoms. The number of carbonyl (C=O) groups is 1. The van der Waals surface area contributed by atoms with Gasteiger partial charge in [-0.1, -0.05) is 20.8 Å². The summed E-state index contributed by atoms with van der Waals surface area (Å²) in [5, 5.41) is 0. The fourth-order valence-electron chi connectivity index (χ4n) is 2.18. The number of rotatable bonds is 6. The molecule has 0 fully saturated rings.